The largest absolute Gasteiger partial charge is 0.507 e. The van der Waals surface area contributed by atoms with Crippen LogP contribution in [0.2, 0.25) is 0 Å². The van der Waals surface area contributed by atoms with Gasteiger partial charge in [0.15, 0.2) is 6.29 Å². The molecule has 0 spiro atoms. The molecule has 0 radical (unpaired) electrons. The molecule has 0 aromatic heterocycles. The zero-order valence-electron chi connectivity index (χ0n) is 9.43. The topological polar surface area (TPSA) is 82.1 Å². The summed E-state index contributed by atoms with van der Waals surface area (Å²) in [5, 5.41) is 9.75. The third kappa shape index (κ3) is 1.80. The first-order valence-corrected chi connectivity index (χ1v) is 5.01. The van der Waals surface area contributed by atoms with E-state index in [2.05, 4.69) is 0 Å². The number of aliphatic hydroxyl groups excluding tert-OH is 1. The minimum Gasteiger partial charge on any atom is -0.507 e. The predicted octanol–water partition coefficient (Wildman–Crippen LogP) is -0.106. The molecule has 2 unspecified atom stereocenters. The van der Waals surface area contributed by atoms with Gasteiger partial charge in [0.2, 0.25) is 11.6 Å². The second-order valence-electron chi connectivity index (χ2n) is 3.68. The molecule has 0 amide bonds. The van der Waals surface area contributed by atoms with Gasteiger partial charge in [-0.3, -0.25) is 9.59 Å². The second kappa shape index (κ2) is 4.40. The Balaban J connectivity index is 2.55. The Hall–Kier alpha value is -1.50. The van der Waals surface area contributed by atoms with Crippen LogP contribution in [0.3, 0.4) is 0 Å². The number of ether oxygens (including phenoxy) is 3. The summed E-state index contributed by atoms with van der Waals surface area (Å²) in [7, 11) is 2.79. The summed E-state index contributed by atoms with van der Waals surface area (Å²) in [4.78, 5) is 23.1. The molecule has 2 aliphatic rings. The molecule has 17 heavy (non-hydrogen) atoms. The van der Waals surface area contributed by atoms with E-state index in [1.807, 2.05) is 0 Å². The highest BCUT2D eigenvalue weighted by Gasteiger charge is 2.41. The van der Waals surface area contributed by atoms with Crippen molar-refractivity contribution in [2.24, 2.45) is 0 Å². The first-order chi connectivity index (χ1) is 8.10. The first-order valence-electron chi connectivity index (χ1n) is 5.01. The van der Waals surface area contributed by atoms with Crippen molar-refractivity contribution in [3.63, 3.8) is 0 Å². The number of hydrogen-bond donors (Lipinski definition) is 1. The molecule has 0 bridgehead atoms. The molecule has 0 aromatic carbocycles. The molecular formula is C11H12O6. The van der Waals surface area contributed by atoms with E-state index in [1.54, 1.807) is 0 Å². The highest BCUT2D eigenvalue weighted by molar-refractivity contribution is 6.48. The van der Waals surface area contributed by atoms with Crippen molar-refractivity contribution in [1.29, 1.82) is 0 Å². The van der Waals surface area contributed by atoms with E-state index >= 15 is 0 Å². The minimum absolute atomic E-state index is 0.0237. The third-order valence-corrected chi connectivity index (χ3v) is 2.76. The molecule has 0 aromatic rings. The maximum Gasteiger partial charge on any atom is 0.234 e. The maximum atomic E-state index is 11.8. The summed E-state index contributed by atoms with van der Waals surface area (Å²) in [6.45, 7) is 0.146. The van der Waals surface area contributed by atoms with Crippen LogP contribution in [0.5, 0.6) is 0 Å². The van der Waals surface area contributed by atoms with Crippen molar-refractivity contribution in [2.45, 2.75) is 12.4 Å². The van der Waals surface area contributed by atoms with Crippen LogP contribution in [-0.2, 0) is 23.8 Å². The lowest BCUT2D eigenvalue weighted by Gasteiger charge is -2.32. The molecule has 1 aliphatic heterocycles. The van der Waals surface area contributed by atoms with E-state index in [0.717, 1.165) is 6.08 Å². The van der Waals surface area contributed by atoms with Gasteiger partial charge in [0.05, 0.1) is 12.2 Å². The van der Waals surface area contributed by atoms with Gasteiger partial charge in [-0.1, -0.05) is 0 Å². The molecule has 0 saturated carbocycles. The molecule has 2 rings (SSSR count). The van der Waals surface area contributed by atoms with Crippen molar-refractivity contribution >= 4 is 11.6 Å². The van der Waals surface area contributed by atoms with Gasteiger partial charge >= 0.3 is 0 Å². The molecule has 0 saturated heterocycles. The van der Waals surface area contributed by atoms with Crippen LogP contribution in [0.25, 0.3) is 0 Å². The average Bonchev–Trinajstić information content (AvgIpc) is 2.34. The molecular weight excluding hydrogens is 228 g/mol. The highest BCUT2D eigenvalue weighted by atomic mass is 16.7. The summed E-state index contributed by atoms with van der Waals surface area (Å²) < 4.78 is 15.3. The van der Waals surface area contributed by atoms with Crippen molar-refractivity contribution in [1.82, 2.24) is 0 Å². The Morgan fingerprint density at radius 3 is 2.59 bits per heavy atom. The number of Topliss-reactive ketones (excluding diaryl/α,β-unsaturated/α-hetero) is 1. The normalized spacial score (nSPS) is 29.2. The Morgan fingerprint density at radius 1 is 1.29 bits per heavy atom. The zero-order chi connectivity index (χ0) is 12.6. The lowest BCUT2D eigenvalue weighted by Crippen LogP contribution is -2.42. The maximum absolute atomic E-state index is 11.8. The van der Waals surface area contributed by atoms with E-state index in [-0.39, 0.29) is 23.5 Å². The summed E-state index contributed by atoms with van der Waals surface area (Å²) in [5.74, 6) is -1.78. The molecule has 0 fully saturated rings. The molecule has 1 N–H and O–H groups in total. The predicted molar refractivity (Wildman–Crippen MR) is 55.3 cm³/mol. The van der Waals surface area contributed by atoms with Crippen LogP contribution in [0.4, 0.5) is 0 Å². The van der Waals surface area contributed by atoms with Gasteiger partial charge in [0.25, 0.3) is 0 Å². The Labute approximate surface area is 97.5 Å². The van der Waals surface area contributed by atoms with Crippen molar-refractivity contribution in [2.75, 3.05) is 20.8 Å². The van der Waals surface area contributed by atoms with Gasteiger partial charge in [-0.25, -0.2) is 0 Å². The quantitative estimate of drug-likeness (QED) is 0.536. The van der Waals surface area contributed by atoms with Crippen LogP contribution < -0.4 is 0 Å². The van der Waals surface area contributed by atoms with E-state index in [0.29, 0.717) is 0 Å². The van der Waals surface area contributed by atoms with E-state index < -0.39 is 24.0 Å². The standard InChI is InChI=1S/C11H12O6/c1-15-7-4-17-11(16-2)9-8(7)5(12)3-6(13)10(9)14/h3,7,11-12H,4H2,1-2H3. The summed E-state index contributed by atoms with van der Waals surface area (Å²) >= 11 is 0. The number of aliphatic hydroxyl groups is 1. The number of carbonyl (C=O) groups is 2. The van der Waals surface area contributed by atoms with Crippen molar-refractivity contribution in [3.8, 4) is 0 Å². The summed E-state index contributed by atoms with van der Waals surface area (Å²) in [6, 6.07) is 0. The van der Waals surface area contributed by atoms with Crippen LogP contribution in [0.15, 0.2) is 23.0 Å². The molecule has 1 aliphatic carbocycles. The van der Waals surface area contributed by atoms with E-state index in [1.165, 1.54) is 14.2 Å². The first kappa shape index (κ1) is 12.0. The Bertz CT molecular complexity index is 433. The Kier molecular flexibility index (Phi) is 3.10. The Morgan fingerprint density at radius 2 is 2.00 bits per heavy atom. The fourth-order valence-corrected chi connectivity index (χ4v) is 1.95. The van der Waals surface area contributed by atoms with E-state index in [9.17, 15) is 14.7 Å². The number of methoxy groups -OCH3 is 2. The molecule has 1 heterocycles. The number of rotatable bonds is 2. The third-order valence-electron chi connectivity index (χ3n) is 2.76. The van der Waals surface area contributed by atoms with Gasteiger partial charge in [-0.05, 0) is 0 Å². The highest BCUT2D eigenvalue weighted by Crippen LogP contribution is 2.32. The lowest BCUT2D eigenvalue weighted by molar-refractivity contribution is -0.148. The van der Waals surface area contributed by atoms with Crippen LogP contribution in [0.1, 0.15) is 0 Å². The number of hydrogen-bond acceptors (Lipinski definition) is 6. The van der Waals surface area contributed by atoms with Crippen LogP contribution >= 0.6 is 0 Å². The fourth-order valence-electron chi connectivity index (χ4n) is 1.95. The van der Waals surface area contributed by atoms with Crippen molar-refractivity contribution in [3.05, 3.63) is 23.0 Å². The minimum atomic E-state index is -0.941. The fraction of sp³-hybridized carbons (Fsp3) is 0.455. The molecule has 92 valence electrons. The lowest BCUT2D eigenvalue weighted by atomic mass is 9.88. The summed E-state index contributed by atoms with van der Waals surface area (Å²) in [6.07, 6.45) is -0.626. The number of ketones is 2. The monoisotopic (exact) mass is 240 g/mol. The average molecular weight is 240 g/mol. The number of carbonyl (C=O) groups excluding carboxylic acids is 2. The van der Waals surface area contributed by atoms with Gasteiger partial charge in [0, 0.05) is 25.9 Å². The summed E-state index contributed by atoms with van der Waals surface area (Å²) in [5.41, 5.74) is 0.297. The zero-order valence-corrected chi connectivity index (χ0v) is 9.43. The second-order valence-corrected chi connectivity index (χ2v) is 3.68. The van der Waals surface area contributed by atoms with Gasteiger partial charge < -0.3 is 19.3 Å². The van der Waals surface area contributed by atoms with Gasteiger partial charge in [-0.15, -0.1) is 0 Å². The van der Waals surface area contributed by atoms with Crippen LogP contribution in [0, 0.1) is 0 Å². The number of allylic oxidation sites excluding steroid dienone is 1. The smallest absolute Gasteiger partial charge is 0.234 e. The van der Waals surface area contributed by atoms with Crippen molar-refractivity contribution < 1.29 is 28.9 Å². The van der Waals surface area contributed by atoms with E-state index in [4.69, 9.17) is 14.2 Å². The SMILES string of the molecule is COC1COC(OC)C2=C1C(O)=CC(=O)C2=O. The molecule has 6 nitrogen and oxygen atoms in total. The van der Waals surface area contributed by atoms with Gasteiger partial charge in [0.1, 0.15) is 11.9 Å². The van der Waals surface area contributed by atoms with Crippen LogP contribution in [-0.4, -0.2) is 49.9 Å². The molecule has 6 heteroatoms. The van der Waals surface area contributed by atoms with Gasteiger partial charge in [-0.2, -0.15) is 0 Å². The molecule has 2 atom stereocenters.